The lowest BCUT2D eigenvalue weighted by Crippen LogP contribution is -2.43. The third-order valence-corrected chi connectivity index (χ3v) is 2.82. The fourth-order valence-corrected chi connectivity index (χ4v) is 1.88. The lowest BCUT2D eigenvalue weighted by Gasteiger charge is -2.16. The molecule has 0 aromatic rings. The molecule has 1 amide bonds. The van der Waals surface area contributed by atoms with Crippen molar-refractivity contribution in [1.82, 2.24) is 10.6 Å². The summed E-state index contributed by atoms with van der Waals surface area (Å²) in [5, 5.41) is 5.94. The van der Waals surface area contributed by atoms with E-state index < -0.39 is 6.04 Å². The number of rotatable bonds is 5. The standard InChI is InChI=1S/C11H20N2O3/c1-3-9(11(15)16-2)13-10(14)7-8-5-4-6-12-8/h8-9,12H,3-7H2,1-2H3,(H,13,14). The van der Waals surface area contributed by atoms with Gasteiger partial charge in [-0.3, -0.25) is 4.79 Å². The Bertz CT molecular complexity index is 250. The summed E-state index contributed by atoms with van der Waals surface area (Å²) < 4.78 is 4.60. The van der Waals surface area contributed by atoms with Crippen LogP contribution in [0, 0.1) is 0 Å². The topological polar surface area (TPSA) is 67.4 Å². The molecule has 1 fully saturated rings. The summed E-state index contributed by atoms with van der Waals surface area (Å²) >= 11 is 0. The Kier molecular flexibility index (Phi) is 5.25. The van der Waals surface area contributed by atoms with Crippen LogP contribution < -0.4 is 10.6 Å². The molecule has 0 spiro atoms. The van der Waals surface area contributed by atoms with E-state index in [2.05, 4.69) is 15.4 Å². The quantitative estimate of drug-likeness (QED) is 0.659. The Morgan fingerprint density at radius 2 is 2.31 bits per heavy atom. The second-order valence-corrected chi connectivity index (χ2v) is 4.05. The lowest BCUT2D eigenvalue weighted by molar-refractivity contribution is -0.145. The summed E-state index contributed by atoms with van der Waals surface area (Å²) in [6.07, 6.45) is 3.14. The number of hydrogen-bond acceptors (Lipinski definition) is 4. The lowest BCUT2D eigenvalue weighted by atomic mass is 10.1. The normalized spacial score (nSPS) is 21.5. The van der Waals surface area contributed by atoms with Crippen molar-refractivity contribution in [2.75, 3.05) is 13.7 Å². The molecule has 0 aromatic carbocycles. The van der Waals surface area contributed by atoms with Crippen molar-refractivity contribution in [3.05, 3.63) is 0 Å². The van der Waals surface area contributed by atoms with Crippen molar-refractivity contribution < 1.29 is 14.3 Å². The first-order valence-electron chi connectivity index (χ1n) is 5.78. The van der Waals surface area contributed by atoms with E-state index in [9.17, 15) is 9.59 Å². The van der Waals surface area contributed by atoms with E-state index in [4.69, 9.17) is 0 Å². The number of nitrogens with one attached hydrogen (secondary N) is 2. The van der Waals surface area contributed by atoms with E-state index in [1.54, 1.807) is 0 Å². The van der Waals surface area contributed by atoms with Gasteiger partial charge in [0.15, 0.2) is 0 Å². The van der Waals surface area contributed by atoms with Gasteiger partial charge in [0.2, 0.25) is 5.91 Å². The zero-order valence-corrected chi connectivity index (χ0v) is 9.91. The van der Waals surface area contributed by atoms with E-state index in [1.165, 1.54) is 7.11 Å². The Labute approximate surface area is 95.9 Å². The second kappa shape index (κ2) is 6.48. The van der Waals surface area contributed by atoms with Crippen LogP contribution in [0.15, 0.2) is 0 Å². The van der Waals surface area contributed by atoms with Gasteiger partial charge in [-0.2, -0.15) is 0 Å². The van der Waals surface area contributed by atoms with Gasteiger partial charge in [0.1, 0.15) is 6.04 Å². The molecule has 0 saturated carbocycles. The Morgan fingerprint density at radius 3 is 2.81 bits per heavy atom. The monoisotopic (exact) mass is 228 g/mol. The molecule has 1 rings (SSSR count). The summed E-state index contributed by atoms with van der Waals surface area (Å²) in [6, 6.07) is -0.256. The molecule has 16 heavy (non-hydrogen) atoms. The molecule has 1 saturated heterocycles. The van der Waals surface area contributed by atoms with E-state index in [0.29, 0.717) is 12.8 Å². The summed E-state index contributed by atoms with van der Waals surface area (Å²) in [6.45, 7) is 2.82. The molecule has 0 radical (unpaired) electrons. The number of esters is 1. The first-order valence-corrected chi connectivity index (χ1v) is 5.78. The average molecular weight is 228 g/mol. The molecular weight excluding hydrogens is 208 g/mol. The van der Waals surface area contributed by atoms with Crippen LogP contribution in [0.5, 0.6) is 0 Å². The van der Waals surface area contributed by atoms with Crippen molar-refractivity contribution in [1.29, 1.82) is 0 Å². The van der Waals surface area contributed by atoms with E-state index in [-0.39, 0.29) is 17.9 Å². The van der Waals surface area contributed by atoms with Crippen LogP contribution in [0.2, 0.25) is 0 Å². The number of hydrogen-bond donors (Lipinski definition) is 2. The van der Waals surface area contributed by atoms with Crippen molar-refractivity contribution >= 4 is 11.9 Å². The SMILES string of the molecule is CCC(NC(=O)CC1CCCN1)C(=O)OC. The highest BCUT2D eigenvalue weighted by molar-refractivity contribution is 5.84. The molecule has 1 aliphatic heterocycles. The van der Waals surface area contributed by atoms with Crippen LogP contribution in [0.3, 0.4) is 0 Å². The number of carbonyl (C=O) groups excluding carboxylic acids is 2. The number of ether oxygens (including phenoxy) is 1. The maximum Gasteiger partial charge on any atom is 0.328 e. The van der Waals surface area contributed by atoms with E-state index in [0.717, 1.165) is 19.4 Å². The highest BCUT2D eigenvalue weighted by Crippen LogP contribution is 2.08. The first kappa shape index (κ1) is 13.0. The molecule has 0 aromatic heterocycles. The molecule has 5 heteroatoms. The second-order valence-electron chi connectivity index (χ2n) is 4.05. The molecule has 2 unspecified atom stereocenters. The molecule has 1 heterocycles. The van der Waals surface area contributed by atoms with Gasteiger partial charge in [-0.1, -0.05) is 6.92 Å². The van der Waals surface area contributed by atoms with Gasteiger partial charge in [-0.05, 0) is 25.8 Å². The van der Waals surface area contributed by atoms with Crippen LogP contribution in [-0.4, -0.2) is 37.6 Å². The highest BCUT2D eigenvalue weighted by Gasteiger charge is 2.22. The smallest absolute Gasteiger partial charge is 0.328 e. The van der Waals surface area contributed by atoms with Crippen LogP contribution >= 0.6 is 0 Å². The van der Waals surface area contributed by atoms with Gasteiger partial charge >= 0.3 is 5.97 Å². The van der Waals surface area contributed by atoms with Gasteiger partial charge in [0, 0.05) is 12.5 Å². The highest BCUT2D eigenvalue weighted by atomic mass is 16.5. The molecule has 2 N–H and O–H groups in total. The molecule has 92 valence electrons. The van der Waals surface area contributed by atoms with Crippen molar-refractivity contribution in [3.63, 3.8) is 0 Å². The minimum absolute atomic E-state index is 0.0864. The number of amides is 1. The van der Waals surface area contributed by atoms with Gasteiger partial charge in [-0.15, -0.1) is 0 Å². The van der Waals surface area contributed by atoms with Gasteiger partial charge < -0.3 is 15.4 Å². The average Bonchev–Trinajstić information content (AvgIpc) is 2.77. The Balaban J connectivity index is 2.33. The third kappa shape index (κ3) is 3.81. The summed E-state index contributed by atoms with van der Waals surface area (Å²) in [5.74, 6) is -0.466. The zero-order valence-electron chi connectivity index (χ0n) is 9.91. The molecule has 5 nitrogen and oxygen atoms in total. The van der Waals surface area contributed by atoms with Gasteiger partial charge in [0.05, 0.1) is 7.11 Å². The predicted octanol–water partition coefficient (Wildman–Crippen LogP) is 0.196. The van der Waals surface area contributed by atoms with Crippen LogP contribution in [0.25, 0.3) is 0 Å². The van der Waals surface area contributed by atoms with Crippen molar-refractivity contribution in [2.45, 2.75) is 44.7 Å². The van der Waals surface area contributed by atoms with Crippen molar-refractivity contribution in [3.8, 4) is 0 Å². The van der Waals surface area contributed by atoms with Crippen LogP contribution in [0.4, 0.5) is 0 Å². The Hall–Kier alpha value is -1.10. The van der Waals surface area contributed by atoms with Crippen LogP contribution in [-0.2, 0) is 14.3 Å². The van der Waals surface area contributed by atoms with E-state index in [1.807, 2.05) is 6.92 Å². The molecule has 1 aliphatic rings. The van der Waals surface area contributed by atoms with E-state index >= 15 is 0 Å². The van der Waals surface area contributed by atoms with Crippen molar-refractivity contribution in [2.24, 2.45) is 0 Å². The maximum absolute atomic E-state index is 11.6. The number of methoxy groups -OCH3 is 1. The van der Waals surface area contributed by atoms with Gasteiger partial charge in [-0.25, -0.2) is 4.79 Å². The Morgan fingerprint density at radius 1 is 1.56 bits per heavy atom. The predicted molar refractivity (Wildman–Crippen MR) is 59.9 cm³/mol. The summed E-state index contributed by atoms with van der Waals surface area (Å²) in [5.41, 5.74) is 0. The molecular formula is C11H20N2O3. The summed E-state index contributed by atoms with van der Waals surface area (Å²) in [7, 11) is 1.33. The minimum atomic E-state index is -0.515. The fourth-order valence-electron chi connectivity index (χ4n) is 1.88. The fraction of sp³-hybridized carbons (Fsp3) is 0.818. The van der Waals surface area contributed by atoms with Gasteiger partial charge in [0.25, 0.3) is 0 Å². The first-order chi connectivity index (χ1) is 7.67. The largest absolute Gasteiger partial charge is 0.467 e. The maximum atomic E-state index is 11.6. The number of carbonyl (C=O) groups is 2. The van der Waals surface area contributed by atoms with Crippen LogP contribution in [0.1, 0.15) is 32.6 Å². The molecule has 0 bridgehead atoms. The third-order valence-electron chi connectivity index (χ3n) is 2.82. The minimum Gasteiger partial charge on any atom is -0.467 e. The molecule has 0 aliphatic carbocycles. The summed E-state index contributed by atoms with van der Waals surface area (Å²) in [4.78, 5) is 22.9. The zero-order chi connectivity index (χ0) is 12.0. The molecule has 2 atom stereocenters.